The van der Waals surface area contributed by atoms with E-state index in [1.165, 1.54) is 154 Å². The molecule has 0 amide bonds. The van der Waals surface area contributed by atoms with E-state index in [2.05, 4.69) is 215 Å². The molecule has 0 bridgehead atoms. The average molecular weight is 1780 g/mol. The number of carbonyl (C=O) groups excluding carboxylic acids is 3. The van der Waals surface area contributed by atoms with E-state index in [4.69, 9.17) is 32.3 Å². The first kappa shape index (κ1) is 119. The molecule has 4 N–H and O–H groups in total. The molecule has 0 heterocycles. The maximum absolute atomic E-state index is 13.1. The molecule has 125 heavy (non-hydrogen) atoms. The molecule has 0 saturated carbocycles. The van der Waals surface area contributed by atoms with Crippen LogP contribution in [0.3, 0.4) is 0 Å². The minimum Gasteiger partial charge on any atom is -0.463 e. The molecule has 0 saturated heterocycles. The van der Waals surface area contributed by atoms with Gasteiger partial charge in [-0.25, -0.2) is 9.13 Å². The largest absolute Gasteiger partial charge is 0.472 e. The fourth-order valence-electron chi connectivity index (χ4n) is 13.4. The average Bonchev–Trinajstić information content (AvgIpc) is 0.904. The van der Waals surface area contributed by atoms with Gasteiger partial charge >= 0.3 is 33.6 Å². The molecule has 0 aromatic carbocycles. The van der Waals surface area contributed by atoms with Crippen LogP contribution in [0.15, 0.2) is 194 Å². The maximum Gasteiger partial charge on any atom is 0.472 e. The number of carbonyl (C=O) groups is 3. The number of phosphoric acid groups is 2. The van der Waals surface area contributed by atoms with Crippen molar-refractivity contribution in [3.05, 3.63) is 194 Å². The van der Waals surface area contributed by atoms with E-state index >= 15 is 0 Å². The Kier molecular flexibility index (Phi) is 93.1. The van der Waals surface area contributed by atoms with Crippen molar-refractivity contribution in [2.24, 2.45) is 0 Å². The molecule has 714 valence electrons. The molecule has 18 heteroatoms. The highest BCUT2D eigenvalue weighted by molar-refractivity contribution is 7.47. The first-order valence-electron chi connectivity index (χ1n) is 49.7. The van der Waals surface area contributed by atoms with Crippen LogP contribution in [-0.2, 0) is 55.8 Å². The Hall–Kier alpha value is -5.61. The fourth-order valence-corrected chi connectivity index (χ4v) is 15.0. The number of rotatable bonds is 93. The third-order valence-corrected chi connectivity index (χ3v) is 22.7. The molecule has 0 rings (SSSR count). The van der Waals surface area contributed by atoms with Crippen LogP contribution in [0.25, 0.3) is 0 Å². The lowest BCUT2D eigenvalue weighted by molar-refractivity contribution is -0.161. The first-order valence-corrected chi connectivity index (χ1v) is 52.7. The third kappa shape index (κ3) is 98.8. The van der Waals surface area contributed by atoms with Gasteiger partial charge in [-0.2, -0.15) is 0 Å². The van der Waals surface area contributed by atoms with Gasteiger partial charge in [0.15, 0.2) is 6.10 Å². The van der Waals surface area contributed by atoms with Crippen LogP contribution in [-0.4, -0.2) is 95.9 Å². The summed E-state index contributed by atoms with van der Waals surface area (Å²) in [5.41, 5.74) is 0. The number of allylic oxidation sites excluding steroid dienone is 32. The number of hydrogen-bond donors (Lipinski definition) is 4. The Balaban J connectivity index is 4.59. The molecule has 0 aliphatic rings. The van der Waals surface area contributed by atoms with Crippen molar-refractivity contribution in [1.29, 1.82) is 0 Å². The molecule has 5 atom stereocenters. The van der Waals surface area contributed by atoms with Gasteiger partial charge in [0.2, 0.25) is 0 Å². The number of esters is 3. The molecule has 0 fully saturated rings. The molecule has 0 aliphatic heterocycles. The fraction of sp³-hybridized carbons (Fsp3) is 0.673. The number of ether oxygens (including phenoxy) is 3. The van der Waals surface area contributed by atoms with Gasteiger partial charge in [-0.3, -0.25) is 32.5 Å². The highest BCUT2D eigenvalue weighted by atomic mass is 31.2. The van der Waals surface area contributed by atoms with Crippen molar-refractivity contribution in [1.82, 2.24) is 0 Å². The molecule has 5 unspecified atom stereocenters. The van der Waals surface area contributed by atoms with Gasteiger partial charge in [0.05, 0.1) is 26.4 Å². The van der Waals surface area contributed by atoms with Crippen LogP contribution in [0.4, 0.5) is 0 Å². The summed E-state index contributed by atoms with van der Waals surface area (Å²) in [6.07, 6.45) is 131. The SMILES string of the molecule is CC/C=C\C/C=C\C/C=C\C/C=C\C/C=C\C/C=C\CCCCCCCCCCCCCCCCC(=O)OCC(O)COP(=O)(O)OCC(O)COP(=O)(O)OCC(COC(=O)CCCCCCCCCCCCCCCCCCC/C=C\C/C=C\C/C=C\C/C=C\C/C=C\CC)OC(=O)CCCCCCCCC/C=C\C/C=C\C/C=C\C/C=C\C/C=C\CC. The first-order chi connectivity index (χ1) is 61.2. The molecular weight excluding hydrogens is 1600 g/mol. The maximum atomic E-state index is 13.1. The van der Waals surface area contributed by atoms with E-state index in [-0.39, 0.29) is 19.3 Å². The van der Waals surface area contributed by atoms with Gasteiger partial charge in [-0.15, -0.1) is 0 Å². The van der Waals surface area contributed by atoms with Gasteiger partial charge in [0.1, 0.15) is 25.4 Å². The second-order valence-electron chi connectivity index (χ2n) is 32.8. The molecular formula is C107H180O16P2. The van der Waals surface area contributed by atoms with Crippen LogP contribution in [0.1, 0.15) is 406 Å². The zero-order valence-electron chi connectivity index (χ0n) is 79.0. The Morgan fingerprint density at radius 2 is 0.400 bits per heavy atom. The molecule has 0 aliphatic carbocycles. The van der Waals surface area contributed by atoms with E-state index < -0.39 is 91.5 Å². The number of unbranched alkanes of at least 4 members (excludes halogenated alkanes) is 38. The van der Waals surface area contributed by atoms with Crippen LogP contribution >= 0.6 is 15.6 Å². The van der Waals surface area contributed by atoms with Crippen LogP contribution in [0, 0.1) is 0 Å². The lowest BCUT2D eigenvalue weighted by Gasteiger charge is -2.21. The summed E-state index contributed by atoms with van der Waals surface area (Å²) in [5.74, 6) is -1.58. The summed E-state index contributed by atoms with van der Waals surface area (Å²) >= 11 is 0. The summed E-state index contributed by atoms with van der Waals surface area (Å²) in [5, 5.41) is 20.8. The topological polar surface area (TPSA) is 231 Å². The molecule has 16 nitrogen and oxygen atoms in total. The van der Waals surface area contributed by atoms with Crippen LogP contribution in [0.5, 0.6) is 0 Å². The summed E-state index contributed by atoms with van der Waals surface area (Å²) < 4.78 is 61.6. The van der Waals surface area contributed by atoms with E-state index in [1.807, 2.05) is 0 Å². The van der Waals surface area contributed by atoms with Crippen molar-refractivity contribution < 1.29 is 75.8 Å². The predicted molar refractivity (Wildman–Crippen MR) is 528 cm³/mol. The van der Waals surface area contributed by atoms with Crippen molar-refractivity contribution in [3.8, 4) is 0 Å². The van der Waals surface area contributed by atoms with E-state index in [9.17, 15) is 43.5 Å². The zero-order chi connectivity index (χ0) is 90.7. The highest BCUT2D eigenvalue weighted by Gasteiger charge is 2.30. The molecule has 0 radical (unpaired) electrons. The van der Waals surface area contributed by atoms with Crippen molar-refractivity contribution in [2.75, 3.05) is 39.6 Å². The summed E-state index contributed by atoms with van der Waals surface area (Å²) in [4.78, 5) is 59.2. The zero-order valence-corrected chi connectivity index (χ0v) is 80.7. The summed E-state index contributed by atoms with van der Waals surface area (Å²) in [6, 6.07) is 0. The van der Waals surface area contributed by atoms with Gasteiger partial charge in [0, 0.05) is 19.3 Å². The van der Waals surface area contributed by atoms with Crippen molar-refractivity contribution in [2.45, 2.75) is 424 Å². The summed E-state index contributed by atoms with van der Waals surface area (Å²) in [6.45, 7) is 2.38. The number of hydrogen-bond acceptors (Lipinski definition) is 14. The number of aliphatic hydroxyl groups excluding tert-OH is 2. The number of phosphoric ester groups is 2. The van der Waals surface area contributed by atoms with Gasteiger partial charge in [-0.1, -0.05) is 421 Å². The van der Waals surface area contributed by atoms with Gasteiger partial charge < -0.3 is 34.2 Å². The minimum atomic E-state index is -4.95. The second kappa shape index (κ2) is 97.4. The van der Waals surface area contributed by atoms with Crippen molar-refractivity contribution in [3.63, 3.8) is 0 Å². The van der Waals surface area contributed by atoms with Crippen LogP contribution < -0.4 is 0 Å². The van der Waals surface area contributed by atoms with Gasteiger partial charge in [0.25, 0.3) is 0 Å². The van der Waals surface area contributed by atoms with E-state index in [0.29, 0.717) is 19.3 Å². The number of aliphatic hydroxyl groups is 2. The summed E-state index contributed by atoms with van der Waals surface area (Å²) in [7, 11) is -9.82. The normalized spacial score (nSPS) is 14.5. The smallest absolute Gasteiger partial charge is 0.463 e. The molecule has 0 aromatic rings. The minimum absolute atomic E-state index is 0.0877. The Labute approximate surface area is 763 Å². The van der Waals surface area contributed by atoms with Crippen molar-refractivity contribution >= 4 is 33.6 Å². The van der Waals surface area contributed by atoms with E-state index in [1.54, 1.807) is 0 Å². The third-order valence-electron chi connectivity index (χ3n) is 20.8. The lowest BCUT2D eigenvalue weighted by Crippen LogP contribution is -2.30. The standard InChI is InChI=1S/C107H180O16P2/c1-4-7-10-13-16-19-22-25-28-31-34-37-40-42-44-46-48-50-52-54-56-58-61-63-66-69-72-75-78-81-84-87-90-93-105(110)117-96-102(108)97-119-124(113,114)120-98-103(109)99-121-125(115,116)122-101-104(123-107(112)95-92-89-86-83-80-77-74-71-68-65-60-39-36-33-30-27-24-21-18-15-12-9-6-3)100-118-106(111)94-91-88-85-82-79-76-73-70-67-64-62-59-57-55-53-51-49-47-45-43-41-38-35-32-29-26-23-20-17-14-11-8-5-2/h7-12,16-21,25-30,34-39,42-45,48,50,65,68,102-104,108-109H,4-6,13-15,22-24,31-33,40-41,46-47,49,51-64,66-67,69-101H2,1-3H3,(H,113,114)(H,115,116)/b10-7-,11-8-,12-9-,19-16-,20-17-,21-18-,28-25-,29-26-,30-27-,37-34-,38-35-,39-36-,44-42-,45-43-,50-48-,68-65-. The quantitative estimate of drug-likeness (QED) is 0.0146. The Morgan fingerprint density at radius 3 is 0.632 bits per heavy atom. The molecule has 0 spiro atoms. The predicted octanol–water partition coefficient (Wildman–Crippen LogP) is 31.3. The Morgan fingerprint density at radius 1 is 0.224 bits per heavy atom. The van der Waals surface area contributed by atoms with Crippen LogP contribution in [0.2, 0.25) is 0 Å². The monoisotopic (exact) mass is 1780 g/mol. The Bertz CT molecular complexity index is 3050. The molecule has 0 aromatic heterocycles. The van der Waals surface area contributed by atoms with Gasteiger partial charge in [-0.05, 0) is 161 Å². The highest BCUT2D eigenvalue weighted by Crippen LogP contribution is 2.45. The van der Waals surface area contributed by atoms with E-state index in [0.717, 1.165) is 193 Å². The lowest BCUT2D eigenvalue weighted by atomic mass is 10.0. The second-order valence-corrected chi connectivity index (χ2v) is 35.7.